The van der Waals surface area contributed by atoms with E-state index in [1.165, 1.54) is 5.06 Å². The van der Waals surface area contributed by atoms with Crippen molar-refractivity contribution in [2.45, 2.75) is 83.9 Å². The van der Waals surface area contributed by atoms with Gasteiger partial charge in [-0.3, -0.25) is 4.57 Å². The number of ether oxygens (including phenoxy) is 1. The highest BCUT2D eigenvalue weighted by molar-refractivity contribution is 6.30. The Balaban J connectivity index is 1.40. The number of aryl methyl sites for hydroxylation is 1. The summed E-state index contributed by atoms with van der Waals surface area (Å²) < 4.78 is 12.8. The molecule has 3 heterocycles. The molecule has 5 rings (SSSR count). The van der Waals surface area contributed by atoms with Crippen LogP contribution in [-0.4, -0.2) is 41.7 Å². The first-order valence-corrected chi connectivity index (χ1v) is 12.2. The third kappa shape index (κ3) is 5.18. The molecule has 0 saturated heterocycles. The van der Waals surface area contributed by atoms with Gasteiger partial charge in [0.25, 0.3) is 0 Å². The third-order valence-corrected chi connectivity index (χ3v) is 6.52. The Bertz CT molecular complexity index is 1230. The number of hydroxylamine groups is 2. The number of aromatic nitrogens is 5. The fourth-order valence-electron chi connectivity index (χ4n) is 4.78. The molecule has 0 N–H and O–H groups in total. The molecule has 11 heteroatoms. The van der Waals surface area contributed by atoms with Gasteiger partial charge in [0.1, 0.15) is 11.4 Å². The maximum atomic E-state index is 12.4. The minimum atomic E-state index is -0.760. The molecule has 0 bridgehead atoms. The molecule has 0 atom stereocenters. The summed E-state index contributed by atoms with van der Waals surface area (Å²) in [7, 11) is 0. The zero-order valence-corrected chi connectivity index (χ0v) is 21.1. The highest BCUT2D eigenvalue weighted by Gasteiger charge is 2.33. The van der Waals surface area contributed by atoms with Crippen molar-refractivity contribution in [3.63, 3.8) is 0 Å². The number of halogens is 1. The predicted octanol–water partition coefficient (Wildman–Crippen LogP) is 5.24. The zero-order chi connectivity index (χ0) is 24.7. The van der Waals surface area contributed by atoms with Crippen molar-refractivity contribution < 1.29 is 18.9 Å². The molecule has 1 saturated carbocycles. The number of fused-ring (bicyclic) bond motifs is 3. The van der Waals surface area contributed by atoms with E-state index in [1.807, 2.05) is 25.1 Å². The number of hydrogen-bond acceptors (Lipinski definition) is 9. The van der Waals surface area contributed by atoms with Crippen molar-refractivity contribution >= 4 is 17.8 Å². The summed E-state index contributed by atoms with van der Waals surface area (Å²) in [6.07, 6.45) is 2.99. The first-order valence-electron chi connectivity index (χ1n) is 11.9. The molecule has 2 aliphatic rings. The standard InChI is InChI=1S/C24H29ClN6O4/c1-14-26-22(34-29-14)16-7-5-15(6-8-16)21-28-27-20-13-30(35-23(32)33-24(2,3)4)12-17-11-18(25)9-10-19(17)31(20)21/h9-11,15-16H,5-8,12-13H2,1-4H3/t15-,16-. The topological polar surface area (TPSA) is 108 Å². The lowest BCUT2D eigenvalue weighted by molar-refractivity contribution is -0.155. The van der Waals surface area contributed by atoms with Gasteiger partial charge in [-0.05, 0) is 77.1 Å². The largest absolute Gasteiger partial charge is 0.528 e. The SMILES string of the molecule is Cc1noc([C@H]2CC[C@H](c3nnc4n3-c3ccc(Cl)cc3CN(OC(=O)OC(C)(C)C)C4)CC2)n1. The number of carbonyl (C=O) groups excluding carboxylic acids is 1. The van der Waals surface area contributed by atoms with Crippen molar-refractivity contribution in [2.24, 2.45) is 0 Å². The van der Waals surface area contributed by atoms with E-state index >= 15 is 0 Å². The highest BCUT2D eigenvalue weighted by atomic mass is 35.5. The van der Waals surface area contributed by atoms with E-state index in [9.17, 15) is 4.79 Å². The highest BCUT2D eigenvalue weighted by Crippen LogP contribution is 2.41. The Morgan fingerprint density at radius 2 is 1.86 bits per heavy atom. The minimum absolute atomic E-state index is 0.235. The fourth-order valence-corrected chi connectivity index (χ4v) is 4.97. The van der Waals surface area contributed by atoms with Gasteiger partial charge in [0.2, 0.25) is 5.89 Å². The molecular weight excluding hydrogens is 472 g/mol. The van der Waals surface area contributed by atoms with Crippen molar-refractivity contribution in [3.05, 3.63) is 52.1 Å². The number of nitrogens with zero attached hydrogens (tertiary/aromatic N) is 6. The van der Waals surface area contributed by atoms with Gasteiger partial charge in [-0.15, -0.1) is 15.3 Å². The van der Waals surface area contributed by atoms with Crippen molar-refractivity contribution in [2.75, 3.05) is 0 Å². The van der Waals surface area contributed by atoms with Crippen molar-refractivity contribution in [3.8, 4) is 5.69 Å². The monoisotopic (exact) mass is 500 g/mol. The van der Waals surface area contributed by atoms with Gasteiger partial charge in [-0.1, -0.05) is 16.8 Å². The normalized spacial score (nSPS) is 20.6. The van der Waals surface area contributed by atoms with Crippen LogP contribution in [0.5, 0.6) is 0 Å². The lowest BCUT2D eigenvalue weighted by Crippen LogP contribution is -2.31. The van der Waals surface area contributed by atoms with Crippen LogP contribution in [0.15, 0.2) is 22.7 Å². The first-order chi connectivity index (χ1) is 16.7. The Hall–Kier alpha value is -2.98. The quantitative estimate of drug-likeness (QED) is 0.446. The molecule has 0 spiro atoms. The maximum Gasteiger partial charge on any atom is 0.528 e. The predicted molar refractivity (Wildman–Crippen MR) is 126 cm³/mol. The minimum Gasteiger partial charge on any atom is -0.427 e. The lowest BCUT2D eigenvalue weighted by atomic mass is 9.81. The van der Waals surface area contributed by atoms with Crippen LogP contribution in [0.25, 0.3) is 5.69 Å². The maximum absolute atomic E-state index is 12.4. The second kappa shape index (κ2) is 9.23. The van der Waals surface area contributed by atoms with E-state index in [2.05, 4.69) is 24.9 Å². The van der Waals surface area contributed by atoms with Crippen LogP contribution in [0.4, 0.5) is 4.79 Å². The van der Waals surface area contributed by atoms with Crippen molar-refractivity contribution in [1.82, 2.24) is 30.0 Å². The summed E-state index contributed by atoms with van der Waals surface area (Å²) in [5.41, 5.74) is 1.20. The van der Waals surface area contributed by atoms with Crippen LogP contribution in [0.2, 0.25) is 5.02 Å². The Morgan fingerprint density at radius 3 is 2.54 bits per heavy atom. The van der Waals surface area contributed by atoms with Crippen molar-refractivity contribution in [1.29, 1.82) is 0 Å². The van der Waals surface area contributed by atoms with Gasteiger partial charge in [-0.25, -0.2) is 4.79 Å². The first kappa shape index (κ1) is 23.7. The second-order valence-corrected chi connectivity index (χ2v) is 10.6. The molecule has 0 radical (unpaired) electrons. The number of carbonyl (C=O) groups is 1. The number of rotatable bonds is 3. The van der Waals surface area contributed by atoms with Gasteiger partial charge in [0.15, 0.2) is 11.6 Å². The van der Waals surface area contributed by atoms with Gasteiger partial charge in [0, 0.05) is 16.9 Å². The molecular formula is C24H29ClN6O4. The average molecular weight is 501 g/mol. The lowest BCUT2D eigenvalue weighted by Gasteiger charge is -2.26. The molecule has 0 amide bonds. The molecule has 186 valence electrons. The molecule has 1 aromatic carbocycles. The summed E-state index contributed by atoms with van der Waals surface area (Å²) in [5, 5.41) is 15.2. The van der Waals surface area contributed by atoms with Crippen LogP contribution in [0.1, 0.15) is 87.2 Å². The van der Waals surface area contributed by atoms with Crippen LogP contribution in [0, 0.1) is 6.92 Å². The number of benzene rings is 1. The van der Waals surface area contributed by atoms with Gasteiger partial charge >= 0.3 is 6.16 Å². The van der Waals surface area contributed by atoms with Crippen LogP contribution in [0.3, 0.4) is 0 Å². The summed E-state index contributed by atoms with van der Waals surface area (Å²) in [6, 6.07) is 5.71. The van der Waals surface area contributed by atoms with Crippen LogP contribution < -0.4 is 0 Å². The van der Waals surface area contributed by atoms with Gasteiger partial charge < -0.3 is 14.1 Å². The molecule has 1 aliphatic carbocycles. The molecule has 1 aliphatic heterocycles. The Kier molecular flexibility index (Phi) is 6.27. The Morgan fingerprint density at radius 1 is 1.11 bits per heavy atom. The van der Waals surface area contributed by atoms with Gasteiger partial charge in [-0.2, -0.15) is 4.98 Å². The van der Waals surface area contributed by atoms with Crippen LogP contribution in [-0.2, 0) is 22.7 Å². The molecule has 2 aromatic heterocycles. The molecule has 35 heavy (non-hydrogen) atoms. The summed E-state index contributed by atoms with van der Waals surface area (Å²) in [6.45, 7) is 7.84. The number of hydrogen-bond donors (Lipinski definition) is 0. The van der Waals surface area contributed by atoms with E-state index in [4.69, 9.17) is 25.7 Å². The van der Waals surface area contributed by atoms with Crippen LogP contribution >= 0.6 is 11.6 Å². The van der Waals surface area contributed by atoms with E-state index in [0.717, 1.165) is 48.6 Å². The fraction of sp³-hybridized carbons (Fsp3) is 0.542. The average Bonchev–Trinajstić information content (AvgIpc) is 3.36. The van der Waals surface area contributed by atoms with Gasteiger partial charge in [0.05, 0.1) is 18.8 Å². The second-order valence-electron chi connectivity index (χ2n) is 10.2. The van der Waals surface area contributed by atoms with E-state index in [0.29, 0.717) is 23.2 Å². The molecule has 3 aromatic rings. The van der Waals surface area contributed by atoms with E-state index < -0.39 is 11.8 Å². The molecule has 0 unspecified atom stereocenters. The zero-order valence-electron chi connectivity index (χ0n) is 20.3. The summed E-state index contributed by atoms with van der Waals surface area (Å²) in [5.74, 6) is 3.48. The van der Waals surface area contributed by atoms with E-state index in [-0.39, 0.29) is 18.4 Å². The Labute approximate surface area is 208 Å². The summed E-state index contributed by atoms with van der Waals surface area (Å²) >= 11 is 6.32. The molecule has 1 fully saturated rings. The summed E-state index contributed by atoms with van der Waals surface area (Å²) in [4.78, 5) is 22.3. The van der Waals surface area contributed by atoms with E-state index in [1.54, 1.807) is 20.8 Å². The molecule has 10 nitrogen and oxygen atoms in total. The smallest absolute Gasteiger partial charge is 0.427 e. The third-order valence-electron chi connectivity index (χ3n) is 6.28.